The SMILES string of the molecule is COC1CCCN(c2ncc(F)c(N3CC[C@@H](Oc4ccc([C@H](C)NC(C)=O)cc4)C3)n2)C1. The Morgan fingerprint density at radius 1 is 1.15 bits per heavy atom. The van der Waals surface area contributed by atoms with Gasteiger partial charge in [0.15, 0.2) is 11.6 Å². The fourth-order valence-corrected chi connectivity index (χ4v) is 4.47. The minimum Gasteiger partial charge on any atom is -0.489 e. The van der Waals surface area contributed by atoms with E-state index >= 15 is 0 Å². The number of hydrogen-bond acceptors (Lipinski definition) is 7. The highest BCUT2D eigenvalue weighted by atomic mass is 19.1. The van der Waals surface area contributed by atoms with Crippen LogP contribution < -0.4 is 19.9 Å². The number of hydrogen-bond donors (Lipinski definition) is 1. The molecule has 1 aromatic carbocycles. The molecule has 9 heteroatoms. The third kappa shape index (κ3) is 5.71. The molecule has 0 spiro atoms. The summed E-state index contributed by atoms with van der Waals surface area (Å²) in [5.41, 5.74) is 1.01. The molecule has 3 atom stereocenters. The molecule has 1 unspecified atom stereocenters. The molecule has 178 valence electrons. The van der Waals surface area contributed by atoms with E-state index in [-0.39, 0.29) is 24.2 Å². The Labute approximate surface area is 194 Å². The number of anilines is 2. The molecular formula is C24H32FN5O3. The average Bonchev–Trinajstić information content (AvgIpc) is 3.27. The molecule has 4 rings (SSSR count). The second-order valence-electron chi connectivity index (χ2n) is 8.75. The molecular weight excluding hydrogens is 425 g/mol. The normalized spacial score (nSPS) is 21.7. The van der Waals surface area contributed by atoms with Crippen LogP contribution in [0, 0.1) is 5.82 Å². The van der Waals surface area contributed by atoms with Gasteiger partial charge in [0, 0.05) is 40.1 Å². The molecule has 2 aliphatic rings. The van der Waals surface area contributed by atoms with Gasteiger partial charge >= 0.3 is 0 Å². The van der Waals surface area contributed by atoms with Crippen LogP contribution in [-0.4, -0.2) is 61.4 Å². The Morgan fingerprint density at radius 2 is 1.91 bits per heavy atom. The predicted molar refractivity (Wildman–Crippen MR) is 124 cm³/mol. The maximum absolute atomic E-state index is 14.6. The number of rotatable bonds is 7. The molecule has 2 fully saturated rings. The topological polar surface area (TPSA) is 79.8 Å². The Balaban J connectivity index is 1.38. The molecule has 2 saturated heterocycles. The first-order chi connectivity index (χ1) is 15.9. The predicted octanol–water partition coefficient (Wildman–Crippen LogP) is 3.09. The third-order valence-electron chi connectivity index (χ3n) is 6.25. The number of benzene rings is 1. The molecule has 33 heavy (non-hydrogen) atoms. The van der Waals surface area contributed by atoms with Crippen LogP contribution in [0.2, 0.25) is 0 Å². The second kappa shape index (κ2) is 10.3. The van der Waals surface area contributed by atoms with E-state index in [1.807, 2.05) is 36.1 Å². The highest BCUT2D eigenvalue weighted by molar-refractivity contribution is 5.73. The summed E-state index contributed by atoms with van der Waals surface area (Å²) < 4.78 is 26.2. The quantitative estimate of drug-likeness (QED) is 0.684. The lowest BCUT2D eigenvalue weighted by Gasteiger charge is -2.32. The Bertz CT molecular complexity index is 958. The zero-order valence-corrected chi connectivity index (χ0v) is 19.5. The summed E-state index contributed by atoms with van der Waals surface area (Å²) in [5.74, 6) is 1.14. The van der Waals surface area contributed by atoms with Crippen LogP contribution in [0.15, 0.2) is 30.5 Å². The van der Waals surface area contributed by atoms with Gasteiger partial charge in [-0.15, -0.1) is 0 Å². The summed E-state index contributed by atoms with van der Waals surface area (Å²) in [6, 6.07) is 7.65. The highest BCUT2D eigenvalue weighted by Crippen LogP contribution is 2.27. The Hall–Kier alpha value is -2.94. The second-order valence-corrected chi connectivity index (χ2v) is 8.75. The van der Waals surface area contributed by atoms with Crippen molar-refractivity contribution in [2.24, 2.45) is 0 Å². The van der Waals surface area contributed by atoms with Crippen molar-refractivity contribution in [3.05, 3.63) is 41.8 Å². The minimum absolute atomic E-state index is 0.0608. The van der Waals surface area contributed by atoms with Crippen LogP contribution in [0.1, 0.15) is 44.7 Å². The summed E-state index contributed by atoms with van der Waals surface area (Å²) in [7, 11) is 1.71. The summed E-state index contributed by atoms with van der Waals surface area (Å²) >= 11 is 0. The van der Waals surface area contributed by atoms with Crippen LogP contribution in [0.5, 0.6) is 5.75 Å². The van der Waals surface area contributed by atoms with Crippen molar-refractivity contribution >= 4 is 17.7 Å². The molecule has 1 N–H and O–H groups in total. The van der Waals surface area contributed by atoms with Crippen molar-refractivity contribution in [3.63, 3.8) is 0 Å². The summed E-state index contributed by atoms with van der Waals surface area (Å²) in [6.07, 6.45) is 4.13. The van der Waals surface area contributed by atoms with Crippen molar-refractivity contribution < 1.29 is 18.7 Å². The van der Waals surface area contributed by atoms with Crippen LogP contribution in [0.4, 0.5) is 16.2 Å². The first-order valence-electron chi connectivity index (χ1n) is 11.5. The van der Waals surface area contributed by atoms with Gasteiger partial charge in [0.25, 0.3) is 0 Å². The molecule has 0 bridgehead atoms. The number of nitrogens with zero attached hydrogens (tertiary/aromatic N) is 4. The van der Waals surface area contributed by atoms with E-state index in [4.69, 9.17) is 9.47 Å². The standard InChI is InChI=1S/C24H32FN5O3/c1-16(27-17(2)31)18-6-8-19(9-7-18)33-21-10-12-29(15-21)23-22(25)13-26-24(28-23)30-11-4-5-20(14-30)32-3/h6-9,13,16,20-21H,4-5,10-12,14-15H2,1-3H3,(H,27,31)/t16-,20?,21+/m0/s1. The molecule has 1 aromatic heterocycles. The molecule has 8 nitrogen and oxygen atoms in total. The summed E-state index contributed by atoms with van der Waals surface area (Å²) in [4.78, 5) is 24.0. The lowest BCUT2D eigenvalue weighted by atomic mass is 10.1. The van der Waals surface area contributed by atoms with Crippen molar-refractivity contribution in [1.29, 1.82) is 0 Å². The number of piperidine rings is 1. The number of ether oxygens (including phenoxy) is 2. The van der Waals surface area contributed by atoms with Crippen LogP contribution in [0.25, 0.3) is 0 Å². The number of nitrogens with one attached hydrogen (secondary N) is 1. The minimum atomic E-state index is -0.420. The van der Waals surface area contributed by atoms with Crippen LogP contribution in [-0.2, 0) is 9.53 Å². The Kier molecular flexibility index (Phi) is 7.27. The van der Waals surface area contributed by atoms with Gasteiger partial charge in [0.05, 0.1) is 24.9 Å². The van der Waals surface area contributed by atoms with Gasteiger partial charge in [-0.25, -0.2) is 9.37 Å². The maximum atomic E-state index is 14.6. The maximum Gasteiger partial charge on any atom is 0.227 e. The van der Waals surface area contributed by atoms with E-state index in [1.165, 1.54) is 13.1 Å². The molecule has 0 radical (unpaired) electrons. The Morgan fingerprint density at radius 3 is 2.64 bits per heavy atom. The number of halogens is 1. The third-order valence-corrected chi connectivity index (χ3v) is 6.25. The van der Waals surface area contributed by atoms with Gasteiger partial charge in [-0.3, -0.25) is 4.79 Å². The highest BCUT2D eigenvalue weighted by Gasteiger charge is 2.29. The molecule has 0 aliphatic carbocycles. The number of carbonyl (C=O) groups is 1. The first kappa shape index (κ1) is 23.2. The van der Waals surface area contributed by atoms with Gasteiger partial charge in [0.2, 0.25) is 11.9 Å². The molecule has 2 aliphatic heterocycles. The van der Waals surface area contributed by atoms with E-state index in [9.17, 15) is 9.18 Å². The number of aromatic nitrogens is 2. The monoisotopic (exact) mass is 457 g/mol. The van der Waals surface area contributed by atoms with Gasteiger partial charge in [-0.2, -0.15) is 4.98 Å². The van der Waals surface area contributed by atoms with Gasteiger partial charge in [0.1, 0.15) is 11.9 Å². The fraction of sp³-hybridized carbons (Fsp3) is 0.542. The zero-order chi connectivity index (χ0) is 23.4. The van der Waals surface area contributed by atoms with Crippen LogP contribution >= 0.6 is 0 Å². The van der Waals surface area contributed by atoms with E-state index < -0.39 is 5.82 Å². The van der Waals surface area contributed by atoms with Gasteiger partial charge in [-0.05, 0) is 37.5 Å². The molecule has 1 amide bonds. The van der Waals surface area contributed by atoms with Crippen LogP contribution in [0.3, 0.4) is 0 Å². The molecule has 0 saturated carbocycles. The van der Waals surface area contributed by atoms with Crippen molar-refractivity contribution in [2.75, 3.05) is 43.1 Å². The van der Waals surface area contributed by atoms with Crippen molar-refractivity contribution in [3.8, 4) is 5.75 Å². The fourth-order valence-electron chi connectivity index (χ4n) is 4.47. The van der Waals surface area contributed by atoms with Gasteiger partial charge < -0.3 is 24.6 Å². The van der Waals surface area contributed by atoms with Gasteiger partial charge in [-0.1, -0.05) is 12.1 Å². The van der Waals surface area contributed by atoms with Crippen molar-refractivity contribution in [1.82, 2.24) is 15.3 Å². The lowest BCUT2D eigenvalue weighted by Crippen LogP contribution is -2.40. The summed E-state index contributed by atoms with van der Waals surface area (Å²) in [5, 5.41) is 2.87. The largest absolute Gasteiger partial charge is 0.489 e. The first-order valence-corrected chi connectivity index (χ1v) is 11.5. The average molecular weight is 458 g/mol. The molecule has 2 aromatic rings. The van der Waals surface area contributed by atoms with E-state index in [0.717, 1.165) is 37.1 Å². The summed E-state index contributed by atoms with van der Waals surface area (Å²) in [6.45, 7) is 6.22. The smallest absolute Gasteiger partial charge is 0.227 e. The number of carbonyl (C=O) groups excluding carboxylic acids is 1. The van der Waals surface area contributed by atoms with Crippen molar-refractivity contribution in [2.45, 2.75) is 51.4 Å². The van der Waals surface area contributed by atoms with E-state index in [1.54, 1.807) is 7.11 Å². The van der Waals surface area contributed by atoms with E-state index in [2.05, 4.69) is 20.2 Å². The number of amides is 1. The molecule has 3 heterocycles. The van der Waals surface area contributed by atoms with E-state index in [0.29, 0.717) is 31.4 Å². The number of methoxy groups -OCH3 is 1. The zero-order valence-electron chi connectivity index (χ0n) is 19.5. The lowest BCUT2D eigenvalue weighted by molar-refractivity contribution is -0.119.